The summed E-state index contributed by atoms with van der Waals surface area (Å²) < 4.78 is 0. The highest BCUT2D eigenvalue weighted by atomic mass is 16.1. The van der Waals surface area contributed by atoms with E-state index in [1.165, 1.54) is 0 Å². The molecule has 0 aromatic carbocycles. The van der Waals surface area contributed by atoms with E-state index in [9.17, 15) is 4.79 Å². The molecule has 0 atom stereocenters. The lowest BCUT2D eigenvalue weighted by Crippen LogP contribution is -2.24. The van der Waals surface area contributed by atoms with Crippen LogP contribution < -0.4 is 5.32 Å². The first kappa shape index (κ1) is 9.77. The number of rotatable bonds is 5. The SMILES string of the molecule is CCCNC(=O)CCc1cnc[nH]1. The molecule has 4 heteroatoms. The zero-order valence-corrected chi connectivity index (χ0v) is 7.84. The third-order valence-corrected chi connectivity index (χ3v) is 1.75. The third kappa shape index (κ3) is 3.73. The van der Waals surface area contributed by atoms with Crippen LogP contribution in [0.4, 0.5) is 0 Å². The molecule has 0 bridgehead atoms. The molecule has 0 aliphatic rings. The van der Waals surface area contributed by atoms with Crippen molar-refractivity contribution in [1.29, 1.82) is 0 Å². The van der Waals surface area contributed by atoms with E-state index in [2.05, 4.69) is 15.3 Å². The van der Waals surface area contributed by atoms with Crippen molar-refractivity contribution in [2.45, 2.75) is 26.2 Å². The van der Waals surface area contributed by atoms with Crippen molar-refractivity contribution in [3.05, 3.63) is 18.2 Å². The number of aryl methyl sites for hydroxylation is 1. The summed E-state index contributed by atoms with van der Waals surface area (Å²) in [4.78, 5) is 18.0. The van der Waals surface area contributed by atoms with Crippen molar-refractivity contribution in [2.24, 2.45) is 0 Å². The van der Waals surface area contributed by atoms with E-state index < -0.39 is 0 Å². The molecule has 72 valence electrons. The second-order valence-electron chi connectivity index (χ2n) is 2.93. The van der Waals surface area contributed by atoms with Gasteiger partial charge in [0.1, 0.15) is 0 Å². The molecule has 0 aliphatic heterocycles. The van der Waals surface area contributed by atoms with Gasteiger partial charge in [0.05, 0.1) is 6.33 Å². The zero-order chi connectivity index (χ0) is 9.52. The Morgan fingerprint density at radius 1 is 1.69 bits per heavy atom. The van der Waals surface area contributed by atoms with Crippen LogP contribution in [0.25, 0.3) is 0 Å². The first-order valence-electron chi connectivity index (χ1n) is 4.57. The van der Waals surface area contributed by atoms with E-state index in [0.29, 0.717) is 6.42 Å². The molecule has 0 fully saturated rings. The van der Waals surface area contributed by atoms with Crippen LogP contribution in [0.2, 0.25) is 0 Å². The molecule has 0 unspecified atom stereocenters. The number of carbonyl (C=O) groups excluding carboxylic acids is 1. The summed E-state index contributed by atoms with van der Waals surface area (Å²) in [7, 11) is 0. The lowest BCUT2D eigenvalue weighted by molar-refractivity contribution is -0.121. The van der Waals surface area contributed by atoms with E-state index in [4.69, 9.17) is 0 Å². The Bertz CT molecular complexity index is 243. The smallest absolute Gasteiger partial charge is 0.220 e. The topological polar surface area (TPSA) is 57.8 Å². The van der Waals surface area contributed by atoms with Crippen LogP contribution in [0.3, 0.4) is 0 Å². The Morgan fingerprint density at radius 2 is 2.54 bits per heavy atom. The van der Waals surface area contributed by atoms with Gasteiger partial charge in [-0.25, -0.2) is 4.98 Å². The van der Waals surface area contributed by atoms with Gasteiger partial charge in [-0.15, -0.1) is 0 Å². The Balaban J connectivity index is 2.15. The first-order chi connectivity index (χ1) is 6.33. The van der Waals surface area contributed by atoms with Crippen LogP contribution in [0.1, 0.15) is 25.5 Å². The second-order valence-corrected chi connectivity index (χ2v) is 2.93. The Labute approximate surface area is 77.8 Å². The predicted octanol–water partition coefficient (Wildman–Crippen LogP) is 0.868. The van der Waals surface area contributed by atoms with Gasteiger partial charge in [-0.05, 0) is 12.8 Å². The summed E-state index contributed by atoms with van der Waals surface area (Å²) in [6.45, 7) is 2.80. The summed E-state index contributed by atoms with van der Waals surface area (Å²) in [6.07, 6.45) is 5.61. The van der Waals surface area contributed by atoms with Crippen LogP contribution in [-0.2, 0) is 11.2 Å². The maximum Gasteiger partial charge on any atom is 0.220 e. The Hall–Kier alpha value is -1.32. The molecule has 0 aliphatic carbocycles. The van der Waals surface area contributed by atoms with Crippen molar-refractivity contribution in [3.63, 3.8) is 0 Å². The first-order valence-corrected chi connectivity index (χ1v) is 4.57. The average molecular weight is 181 g/mol. The third-order valence-electron chi connectivity index (χ3n) is 1.75. The summed E-state index contributed by atoms with van der Waals surface area (Å²) >= 11 is 0. The lowest BCUT2D eigenvalue weighted by atomic mass is 10.2. The Kier molecular flexibility index (Phi) is 4.02. The van der Waals surface area contributed by atoms with Gasteiger partial charge in [-0.3, -0.25) is 4.79 Å². The minimum absolute atomic E-state index is 0.108. The zero-order valence-electron chi connectivity index (χ0n) is 7.84. The van der Waals surface area contributed by atoms with Crippen molar-refractivity contribution in [2.75, 3.05) is 6.54 Å². The maximum atomic E-state index is 11.2. The van der Waals surface area contributed by atoms with Crippen molar-refractivity contribution >= 4 is 5.91 Å². The quantitative estimate of drug-likeness (QED) is 0.708. The van der Waals surface area contributed by atoms with Crippen LogP contribution in [0.5, 0.6) is 0 Å². The van der Waals surface area contributed by atoms with Crippen molar-refractivity contribution in [1.82, 2.24) is 15.3 Å². The van der Waals surface area contributed by atoms with Crippen LogP contribution in [0, 0.1) is 0 Å². The fraction of sp³-hybridized carbons (Fsp3) is 0.556. The monoisotopic (exact) mass is 181 g/mol. The van der Waals surface area contributed by atoms with Crippen molar-refractivity contribution < 1.29 is 4.79 Å². The average Bonchev–Trinajstić information content (AvgIpc) is 2.64. The molecule has 1 heterocycles. The number of amides is 1. The molecule has 2 N–H and O–H groups in total. The van der Waals surface area contributed by atoms with Gasteiger partial charge in [0.2, 0.25) is 5.91 Å². The van der Waals surface area contributed by atoms with Crippen molar-refractivity contribution in [3.8, 4) is 0 Å². The van der Waals surface area contributed by atoms with Gasteiger partial charge in [0.15, 0.2) is 0 Å². The van der Waals surface area contributed by atoms with E-state index in [0.717, 1.165) is 25.1 Å². The summed E-state index contributed by atoms with van der Waals surface area (Å²) in [6, 6.07) is 0. The highest BCUT2D eigenvalue weighted by Crippen LogP contribution is 1.96. The molecule has 1 rings (SSSR count). The molecule has 0 spiro atoms. The number of carbonyl (C=O) groups is 1. The molecule has 0 saturated carbocycles. The minimum Gasteiger partial charge on any atom is -0.356 e. The van der Waals surface area contributed by atoms with E-state index >= 15 is 0 Å². The Morgan fingerprint density at radius 3 is 3.15 bits per heavy atom. The number of nitrogens with zero attached hydrogens (tertiary/aromatic N) is 1. The molecule has 0 saturated heterocycles. The van der Waals surface area contributed by atoms with Gasteiger partial charge in [0, 0.05) is 24.9 Å². The van der Waals surface area contributed by atoms with Gasteiger partial charge in [0.25, 0.3) is 0 Å². The van der Waals surface area contributed by atoms with E-state index in [1.54, 1.807) is 12.5 Å². The number of hydrogen-bond acceptors (Lipinski definition) is 2. The number of aromatic amines is 1. The molecule has 1 amide bonds. The van der Waals surface area contributed by atoms with Gasteiger partial charge in [-0.1, -0.05) is 6.92 Å². The number of H-pyrrole nitrogens is 1. The second kappa shape index (κ2) is 5.35. The largest absolute Gasteiger partial charge is 0.356 e. The molecule has 1 aromatic rings. The summed E-state index contributed by atoms with van der Waals surface area (Å²) in [5.74, 6) is 0.108. The number of nitrogens with one attached hydrogen (secondary N) is 2. The number of imidazole rings is 1. The highest BCUT2D eigenvalue weighted by molar-refractivity contribution is 5.75. The van der Waals surface area contributed by atoms with Crippen LogP contribution in [0.15, 0.2) is 12.5 Å². The van der Waals surface area contributed by atoms with Gasteiger partial charge in [-0.2, -0.15) is 0 Å². The minimum atomic E-state index is 0.108. The highest BCUT2D eigenvalue weighted by Gasteiger charge is 2.00. The van der Waals surface area contributed by atoms with Crippen LogP contribution in [-0.4, -0.2) is 22.4 Å². The van der Waals surface area contributed by atoms with Gasteiger partial charge >= 0.3 is 0 Å². The normalized spacial score (nSPS) is 9.92. The number of hydrogen-bond donors (Lipinski definition) is 2. The molecule has 0 radical (unpaired) electrons. The molecular formula is C9H15N3O. The van der Waals surface area contributed by atoms with Gasteiger partial charge < -0.3 is 10.3 Å². The standard InChI is InChI=1S/C9H15N3O/c1-2-5-11-9(13)4-3-8-6-10-7-12-8/h6-7H,2-5H2,1H3,(H,10,12)(H,11,13). The fourth-order valence-corrected chi connectivity index (χ4v) is 1.02. The molecule has 13 heavy (non-hydrogen) atoms. The molecule has 4 nitrogen and oxygen atoms in total. The summed E-state index contributed by atoms with van der Waals surface area (Å²) in [5, 5.41) is 2.82. The fourth-order valence-electron chi connectivity index (χ4n) is 1.02. The predicted molar refractivity (Wildman–Crippen MR) is 50.2 cm³/mol. The molecular weight excluding hydrogens is 166 g/mol. The number of aromatic nitrogens is 2. The molecule has 1 aromatic heterocycles. The van der Waals surface area contributed by atoms with Crippen LogP contribution >= 0.6 is 0 Å². The summed E-state index contributed by atoms with van der Waals surface area (Å²) in [5.41, 5.74) is 1.01. The lowest BCUT2D eigenvalue weighted by Gasteiger charge is -2.01. The van der Waals surface area contributed by atoms with E-state index in [-0.39, 0.29) is 5.91 Å². The maximum absolute atomic E-state index is 11.2. The van der Waals surface area contributed by atoms with E-state index in [1.807, 2.05) is 6.92 Å².